The van der Waals surface area contributed by atoms with E-state index >= 15 is 0 Å². The van der Waals surface area contributed by atoms with Crippen LogP contribution in [0.3, 0.4) is 0 Å². The molecule has 7 heteroatoms. The largest absolute Gasteiger partial charge is 0.460 e. The lowest BCUT2D eigenvalue weighted by Gasteiger charge is -2.04. The minimum Gasteiger partial charge on any atom is -0.460 e. The number of hydrogen-bond acceptors (Lipinski definition) is 6. The third-order valence-electron chi connectivity index (χ3n) is 2.61. The Bertz CT molecular complexity index is 832. The van der Waals surface area contributed by atoms with Gasteiger partial charge in [-0.3, -0.25) is 4.79 Å². The number of esters is 1. The van der Waals surface area contributed by atoms with Crippen LogP contribution in [0, 0.1) is 0 Å². The van der Waals surface area contributed by atoms with Crippen LogP contribution in [-0.2, 0) is 14.6 Å². The Labute approximate surface area is 114 Å². The molecule has 1 aromatic heterocycles. The van der Waals surface area contributed by atoms with E-state index in [1.165, 1.54) is 18.2 Å². The molecule has 2 aromatic rings. The van der Waals surface area contributed by atoms with Crippen LogP contribution in [0.1, 0.15) is 17.5 Å². The number of carbonyl (C=O) groups is 1. The number of fused-ring (bicyclic) bond motifs is 1. The van der Waals surface area contributed by atoms with Gasteiger partial charge in [0.1, 0.15) is 5.58 Å². The van der Waals surface area contributed by atoms with E-state index in [1.807, 2.05) is 0 Å². The van der Waals surface area contributed by atoms with E-state index in [1.54, 1.807) is 6.92 Å². The molecule has 6 nitrogen and oxygen atoms in total. The molecule has 0 aliphatic rings. The van der Waals surface area contributed by atoms with Gasteiger partial charge in [-0.1, -0.05) is 0 Å². The lowest BCUT2D eigenvalue weighted by Crippen LogP contribution is -2.10. The maximum atomic E-state index is 11.9. The van der Waals surface area contributed by atoms with Gasteiger partial charge in [0, 0.05) is 18.4 Å². The molecule has 0 saturated carbocycles. The first-order valence-electron chi connectivity index (χ1n) is 5.78. The van der Waals surface area contributed by atoms with Crippen molar-refractivity contribution in [3.63, 3.8) is 0 Å². The molecule has 1 aromatic carbocycles. The highest BCUT2D eigenvalue weighted by atomic mass is 32.2. The van der Waals surface area contributed by atoms with E-state index < -0.39 is 21.2 Å². The van der Waals surface area contributed by atoms with Crippen LogP contribution in [0.5, 0.6) is 0 Å². The van der Waals surface area contributed by atoms with Crippen LogP contribution in [0.15, 0.2) is 38.4 Å². The van der Waals surface area contributed by atoms with E-state index in [9.17, 15) is 18.0 Å². The molecule has 0 amide bonds. The highest BCUT2D eigenvalue weighted by Gasteiger charge is 2.15. The number of carbonyl (C=O) groups excluding carboxylic acids is 1. The van der Waals surface area contributed by atoms with E-state index in [-0.39, 0.29) is 28.2 Å². The molecule has 0 N–H and O–H groups in total. The Kier molecular flexibility index (Phi) is 3.63. The number of sulfone groups is 1. The third-order valence-corrected chi connectivity index (χ3v) is 3.72. The molecule has 20 heavy (non-hydrogen) atoms. The fraction of sp³-hybridized carbons (Fsp3) is 0.231. The van der Waals surface area contributed by atoms with Crippen LogP contribution in [0.4, 0.5) is 0 Å². The Hall–Kier alpha value is -2.15. The molecule has 106 valence electrons. The van der Waals surface area contributed by atoms with E-state index in [4.69, 9.17) is 9.15 Å². The van der Waals surface area contributed by atoms with Crippen molar-refractivity contribution in [1.29, 1.82) is 0 Å². The van der Waals surface area contributed by atoms with Crippen LogP contribution in [-0.4, -0.2) is 27.2 Å². The molecule has 2 rings (SSSR count). The Morgan fingerprint density at radius 3 is 2.60 bits per heavy atom. The van der Waals surface area contributed by atoms with Gasteiger partial charge < -0.3 is 9.15 Å². The summed E-state index contributed by atoms with van der Waals surface area (Å²) < 4.78 is 32.9. The molecule has 0 aliphatic heterocycles. The maximum absolute atomic E-state index is 11.9. The molecule has 0 saturated heterocycles. The van der Waals surface area contributed by atoms with Crippen molar-refractivity contribution in [2.24, 2.45) is 0 Å². The summed E-state index contributed by atoms with van der Waals surface area (Å²) in [6.07, 6.45) is 1.04. The van der Waals surface area contributed by atoms with Gasteiger partial charge in [0.2, 0.25) is 5.76 Å². The summed E-state index contributed by atoms with van der Waals surface area (Å²) in [4.78, 5) is 23.4. The summed E-state index contributed by atoms with van der Waals surface area (Å²) in [5.41, 5.74) is -0.405. The van der Waals surface area contributed by atoms with Crippen molar-refractivity contribution in [3.05, 3.63) is 40.2 Å². The monoisotopic (exact) mass is 296 g/mol. The molecule has 0 aliphatic carbocycles. The van der Waals surface area contributed by atoms with Crippen molar-refractivity contribution in [3.8, 4) is 0 Å². The fourth-order valence-corrected chi connectivity index (χ4v) is 2.31. The molecule has 0 spiro atoms. The van der Waals surface area contributed by atoms with Gasteiger partial charge in [0.15, 0.2) is 15.3 Å². The number of hydrogen-bond donors (Lipinski definition) is 0. The molecule has 1 heterocycles. The zero-order valence-electron chi connectivity index (χ0n) is 10.9. The van der Waals surface area contributed by atoms with Crippen LogP contribution >= 0.6 is 0 Å². The van der Waals surface area contributed by atoms with Gasteiger partial charge in [-0.25, -0.2) is 13.2 Å². The minimum absolute atomic E-state index is 0.00848. The highest BCUT2D eigenvalue weighted by molar-refractivity contribution is 7.90. The third kappa shape index (κ3) is 2.72. The number of rotatable bonds is 3. The van der Waals surface area contributed by atoms with Crippen molar-refractivity contribution >= 4 is 26.8 Å². The van der Waals surface area contributed by atoms with Gasteiger partial charge in [0.25, 0.3) is 0 Å². The zero-order chi connectivity index (χ0) is 14.9. The summed E-state index contributed by atoms with van der Waals surface area (Å²) in [5, 5.41) is 0.199. The lowest BCUT2D eigenvalue weighted by atomic mass is 10.2. The molecule has 0 radical (unpaired) electrons. The zero-order valence-corrected chi connectivity index (χ0v) is 11.7. The Balaban J connectivity index is 2.68. The first-order chi connectivity index (χ1) is 9.32. The first-order valence-corrected chi connectivity index (χ1v) is 7.67. The van der Waals surface area contributed by atoms with Crippen LogP contribution in [0.25, 0.3) is 11.0 Å². The topological polar surface area (TPSA) is 90.7 Å². The standard InChI is InChI=1S/C13H12O6S/c1-3-18-13(15)12-7-10(14)9-5-4-8(20(2,16)17)6-11(9)19-12/h4-7H,3H2,1-2H3. The predicted octanol–water partition coefficient (Wildman–Crippen LogP) is 1.37. The van der Waals surface area contributed by atoms with Gasteiger partial charge >= 0.3 is 5.97 Å². The minimum atomic E-state index is -3.43. The summed E-state index contributed by atoms with van der Waals surface area (Å²) >= 11 is 0. The molecule has 0 unspecified atom stereocenters. The summed E-state index contributed by atoms with van der Waals surface area (Å²) in [6.45, 7) is 1.77. The van der Waals surface area contributed by atoms with Gasteiger partial charge in [-0.2, -0.15) is 0 Å². The predicted molar refractivity (Wildman–Crippen MR) is 71.6 cm³/mol. The number of benzene rings is 1. The van der Waals surface area contributed by atoms with Crippen molar-refractivity contribution in [2.75, 3.05) is 12.9 Å². The molecule has 0 atom stereocenters. The SMILES string of the molecule is CCOC(=O)c1cc(=O)c2ccc(S(C)(=O)=O)cc2o1. The fourth-order valence-electron chi connectivity index (χ4n) is 1.67. The summed E-state index contributed by atoms with van der Waals surface area (Å²) in [7, 11) is -3.43. The lowest BCUT2D eigenvalue weighted by molar-refractivity contribution is 0.0490. The molecular weight excluding hydrogens is 284 g/mol. The maximum Gasteiger partial charge on any atom is 0.374 e. The molecular formula is C13H12O6S. The summed E-state index contributed by atoms with van der Waals surface area (Å²) in [6, 6.07) is 4.92. The smallest absolute Gasteiger partial charge is 0.374 e. The van der Waals surface area contributed by atoms with Gasteiger partial charge in [-0.05, 0) is 19.1 Å². The van der Waals surface area contributed by atoms with Crippen molar-refractivity contribution in [2.45, 2.75) is 11.8 Å². The second-order valence-electron chi connectivity index (χ2n) is 4.13. The highest BCUT2D eigenvalue weighted by Crippen LogP contribution is 2.18. The quantitative estimate of drug-likeness (QED) is 0.795. The van der Waals surface area contributed by atoms with E-state index in [0.717, 1.165) is 12.3 Å². The number of ether oxygens (including phenoxy) is 1. The van der Waals surface area contributed by atoms with Crippen LogP contribution in [0.2, 0.25) is 0 Å². The van der Waals surface area contributed by atoms with E-state index in [2.05, 4.69) is 0 Å². The Morgan fingerprint density at radius 1 is 1.30 bits per heavy atom. The average Bonchev–Trinajstić information content (AvgIpc) is 2.37. The summed E-state index contributed by atoms with van der Waals surface area (Å²) in [5.74, 6) is -1.02. The Morgan fingerprint density at radius 2 is 2.00 bits per heavy atom. The molecule has 0 bridgehead atoms. The average molecular weight is 296 g/mol. The van der Waals surface area contributed by atoms with Gasteiger partial charge in [-0.15, -0.1) is 0 Å². The molecule has 0 fully saturated rings. The second-order valence-corrected chi connectivity index (χ2v) is 6.14. The normalized spacial score (nSPS) is 11.5. The van der Waals surface area contributed by atoms with Crippen molar-refractivity contribution in [1.82, 2.24) is 0 Å². The first kappa shape index (κ1) is 14.3. The van der Waals surface area contributed by atoms with Crippen molar-refractivity contribution < 1.29 is 22.4 Å². The van der Waals surface area contributed by atoms with Crippen LogP contribution < -0.4 is 5.43 Å². The second kappa shape index (κ2) is 5.09. The van der Waals surface area contributed by atoms with E-state index in [0.29, 0.717) is 0 Å². The van der Waals surface area contributed by atoms with Gasteiger partial charge in [0.05, 0.1) is 16.9 Å².